The zero-order valence-electron chi connectivity index (χ0n) is 6.58. The Morgan fingerprint density at radius 3 is 3.00 bits per heavy atom. The number of aliphatic imine (C=N–C) groups is 1. The number of carbonyl (C=O) groups is 1. The number of hydrogen-bond acceptors (Lipinski definition) is 4. The molecule has 5 heteroatoms. The Kier molecular flexibility index (Phi) is 1.75. The van der Waals surface area contributed by atoms with E-state index in [9.17, 15) is 4.79 Å². The first kappa shape index (κ1) is 7.91. The SMILES string of the molecule is NC1=NC(=O)C2(CCCSC2)O1. The highest BCUT2D eigenvalue weighted by Crippen LogP contribution is 2.33. The van der Waals surface area contributed by atoms with Crippen molar-refractivity contribution in [1.82, 2.24) is 0 Å². The van der Waals surface area contributed by atoms with E-state index in [1.54, 1.807) is 11.8 Å². The Bertz CT molecular complexity index is 246. The maximum atomic E-state index is 11.4. The second kappa shape index (κ2) is 2.65. The molecule has 1 atom stereocenters. The number of rotatable bonds is 0. The van der Waals surface area contributed by atoms with Crippen molar-refractivity contribution in [1.29, 1.82) is 0 Å². The van der Waals surface area contributed by atoms with Gasteiger partial charge in [0.1, 0.15) is 0 Å². The van der Waals surface area contributed by atoms with Crippen LogP contribution in [-0.4, -0.2) is 29.0 Å². The van der Waals surface area contributed by atoms with E-state index in [0.717, 1.165) is 18.6 Å². The molecular weight excluding hydrogens is 176 g/mol. The Balaban J connectivity index is 2.17. The van der Waals surface area contributed by atoms with Crippen LogP contribution in [0.4, 0.5) is 0 Å². The number of hydrogen-bond donors (Lipinski definition) is 1. The normalized spacial score (nSPS) is 35.0. The molecule has 2 heterocycles. The van der Waals surface area contributed by atoms with Crippen LogP contribution in [0, 0.1) is 0 Å². The second-order valence-electron chi connectivity index (χ2n) is 3.01. The lowest BCUT2D eigenvalue weighted by atomic mass is 9.99. The van der Waals surface area contributed by atoms with Gasteiger partial charge in [0, 0.05) is 5.75 Å². The van der Waals surface area contributed by atoms with Gasteiger partial charge in [0.25, 0.3) is 11.9 Å². The van der Waals surface area contributed by atoms with E-state index in [1.165, 1.54) is 0 Å². The molecule has 0 aromatic carbocycles. The Morgan fingerprint density at radius 1 is 1.67 bits per heavy atom. The van der Waals surface area contributed by atoms with Crippen molar-refractivity contribution in [2.45, 2.75) is 18.4 Å². The van der Waals surface area contributed by atoms with Crippen LogP contribution in [-0.2, 0) is 9.53 Å². The lowest BCUT2D eigenvalue weighted by Gasteiger charge is -2.28. The predicted molar refractivity (Wildman–Crippen MR) is 47.0 cm³/mol. The fourth-order valence-corrected chi connectivity index (χ4v) is 2.64. The van der Waals surface area contributed by atoms with Crippen LogP contribution in [0.5, 0.6) is 0 Å². The highest BCUT2D eigenvalue weighted by atomic mass is 32.2. The minimum atomic E-state index is -0.701. The highest BCUT2D eigenvalue weighted by Gasteiger charge is 2.46. The lowest BCUT2D eigenvalue weighted by Crippen LogP contribution is -2.43. The number of ether oxygens (including phenoxy) is 1. The van der Waals surface area contributed by atoms with Crippen molar-refractivity contribution < 1.29 is 9.53 Å². The summed E-state index contributed by atoms with van der Waals surface area (Å²) in [5.74, 6) is 1.58. The van der Waals surface area contributed by atoms with E-state index in [-0.39, 0.29) is 11.9 Å². The predicted octanol–water partition coefficient (Wildman–Crippen LogP) is 0.124. The topological polar surface area (TPSA) is 64.7 Å². The van der Waals surface area contributed by atoms with Gasteiger partial charge in [-0.1, -0.05) is 0 Å². The summed E-state index contributed by atoms with van der Waals surface area (Å²) in [6.07, 6.45) is 1.75. The summed E-state index contributed by atoms with van der Waals surface area (Å²) in [6, 6.07) is 0.0301. The number of amidine groups is 1. The molecule has 1 spiro atoms. The fourth-order valence-electron chi connectivity index (χ4n) is 1.49. The van der Waals surface area contributed by atoms with E-state index >= 15 is 0 Å². The maximum absolute atomic E-state index is 11.4. The first-order valence-corrected chi connectivity index (χ1v) is 5.04. The first-order valence-electron chi connectivity index (χ1n) is 3.88. The molecule has 0 aromatic heterocycles. The lowest BCUT2D eigenvalue weighted by molar-refractivity contribution is -0.129. The summed E-state index contributed by atoms with van der Waals surface area (Å²) >= 11 is 1.72. The summed E-state index contributed by atoms with van der Waals surface area (Å²) in [5, 5.41) is 0. The third-order valence-corrected chi connectivity index (χ3v) is 3.35. The minimum Gasteiger partial charge on any atom is -0.447 e. The summed E-state index contributed by atoms with van der Waals surface area (Å²) in [4.78, 5) is 14.9. The van der Waals surface area contributed by atoms with Crippen molar-refractivity contribution in [2.75, 3.05) is 11.5 Å². The van der Waals surface area contributed by atoms with Gasteiger partial charge in [-0.3, -0.25) is 4.79 Å². The molecule has 0 radical (unpaired) electrons. The van der Waals surface area contributed by atoms with Crippen LogP contribution < -0.4 is 5.73 Å². The molecule has 12 heavy (non-hydrogen) atoms. The third-order valence-electron chi connectivity index (χ3n) is 2.11. The Hall–Kier alpha value is -0.710. The monoisotopic (exact) mass is 186 g/mol. The Morgan fingerprint density at radius 2 is 2.50 bits per heavy atom. The number of thioether (sulfide) groups is 1. The minimum absolute atomic E-state index is 0.0301. The van der Waals surface area contributed by atoms with Crippen LogP contribution in [0.25, 0.3) is 0 Å². The van der Waals surface area contributed by atoms with Crippen molar-refractivity contribution in [3.05, 3.63) is 0 Å². The van der Waals surface area contributed by atoms with E-state index in [4.69, 9.17) is 10.5 Å². The van der Waals surface area contributed by atoms with Crippen molar-refractivity contribution in [3.63, 3.8) is 0 Å². The molecule has 1 amide bonds. The molecule has 2 aliphatic rings. The van der Waals surface area contributed by atoms with Gasteiger partial charge in [-0.25, -0.2) is 0 Å². The van der Waals surface area contributed by atoms with Gasteiger partial charge in [0.05, 0.1) is 0 Å². The van der Waals surface area contributed by atoms with Crippen molar-refractivity contribution in [2.24, 2.45) is 10.7 Å². The standard InChI is InChI=1S/C7H10N2O2S/c8-6-9-5(10)7(11-6)2-1-3-12-4-7/h1-4H2,(H2,8,9,10). The van der Waals surface area contributed by atoms with E-state index in [2.05, 4.69) is 4.99 Å². The zero-order chi connectivity index (χ0) is 8.60. The van der Waals surface area contributed by atoms with Gasteiger partial charge in [-0.2, -0.15) is 16.8 Å². The zero-order valence-corrected chi connectivity index (χ0v) is 7.39. The molecular formula is C7H10N2O2S. The quantitative estimate of drug-likeness (QED) is 0.583. The molecule has 1 saturated heterocycles. The van der Waals surface area contributed by atoms with Gasteiger partial charge in [0.2, 0.25) is 5.60 Å². The van der Waals surface area contributed by atoms with Gasteiger partial charge < -0.3 is 10.5 Å². The van der Waals surface area contributed by atoms with Crippen LogP contribution in [0.3, 0.4) is 0 Å². The van der Waals surface area contributed by atoms with E-state index in [1.807, 2.05) is 0 Å². The molecule has 2 N–H and O–H groups in total. The molecule has 2 aliphatic heterocycles. The summed E-state index contributed by atoms with van der Waals surface area (Å²) in [6.45, 7) is 0. The maximum Gasteiger partial charge on any atom is 0.295 e. The van der Waals surface area contributed by atoms with Crippen molar-refractivity contribution >= 4 is 23.7 Å². The molecule has 4 nitrogen and oxygen atoms in total. The summed E-state index contributed by atoms with van der Waals surface area (Å²) in [5.41, 5.74) is 4.63. The molecule has 1 fully saturated rings. The fraction of sp³-hybridized carbons (Fsp3) is 0.714. The largest absolute Gasteiger partial charge is 0.447 e. The number of amides is 1. The summed E-state index contributed by atoms with van der Waals surface area (Å²) in [7, 11) is 0. The van der Waals surface area contributed by atoms with Gasteiger partial charge >= 0.3 is 0 Å². The second-order valence-corrected chi connectivity index (χ2v) is 4.11. The average molecular weight is 186 g/mol. The molecule has 1 unspecified atom stereocenters. The van der Waals surface area contributed by atoms with Crippen LogP contribution in [0.1, 0.15) is 12.8 Å². The van der Waals surface area contributed by atoms with Crippen LogP contribution >= 0.6 is 11.8 Å². The molecule has 0 saturated carbocycles. The Labute approximate surface area is 74.6 Å². The molecule has 0 aromatic rings. The number of nitrogens with two attached hydrogens (primary N) is 1. The highest BCUT2D eigenvalue weighted by molar-refractivity contribution is 7.99. The van der Waals surface area contributed by atoms with E-state index in [0.29, 0.717) is 5.75 Å². The van der Waals surface area contributed by atoms with Gasteiger partial charge in [0.15, 0.2) is 0 Å². The molecule has 66 valence electrons. The van der Waals surface area contributed by atoms with Gasteiger partial charge in [-0.05, 0) is 18.6 Å². The molecule has 2 rings (SSSR count). The number of carbonyl (C=O) groups excluding carboxylic acids is 1. The van der Waals surface area contributed by atoms with Gasteiger partial charge in [-0.15, -0.1) is 0 Å². The van der Waals surface area contributed by atoms with E-state index < -0.39 is 5.60 Å². The number of nitrogens with zero attached hydrogens (tertiary/aromatic N) is 1. The third kappa shape index (κ3) is 1.08. The first-order chi connectivity index (χ1) is 5.73. The average Bonchev–Trinajstić information content (AvgIpc) is 2.29. The molecule has 0 aliphatic carbocycles. The van der Waals surface area contributed by atoms with Crippen molar-refractivity contribution in [3.8, 4) is 0 Å². The molecule has 0 bridgehead atoms. The van der Waals surface area contributed by atoms with Crippen LogP contribution in [0.2, 0.25) is 0 Å². The summed E-state index contributed by atoms with van der Waals surface area (Å²) < 4.78 is 5.26. The van der Waals surface area contributed by atoms with Crippen LogP contribution in [0.15, 0.2) is 4.99 Å². The smallest absolute Gasteiger partial charge is 0.295 e.